The number of rotatable bonds is 5. The molecule has 2 N–H and O–H groups in total. The summed E-state index contributed by atoms with van der Waals surface area (Å²) in [5, 5.41) is 0. The summed E-state index contributed by atoms with van der Waals surface area (Å²) in [6, 6.07) is 5.91. The van der Waals surface area contributed by atoms with Gasteiger partial charge in [-0.15, -0.1) is 0 Å². The van der Waals surface area contributed by atoms with Crippen molar-refractivity contribution in [1.29, 1.82) is 0 Å². The number of benzene rings is 1. The second-order valence-electron chi connectivity index (χ2n) is 4.43. The molecule has 0 heterocycles. The molecule has 0 amide bonds. The van der Waals surface area contributed by atoms with Crippen molar-refractivity contribution in [3.63, 3.8) is 0 Å². The highest BCUT2D eigenvalue weighted by molar-refractivity contribution is 5.53. The fourth-order valence-electron chi connectivity index (χ4n) is 1.47. The van der Waals surface area contributed by atoms with Gasteiger partial charge in [0.05, 0.1) is 12.3 Å². The normalized spacial score (nSPS) is 10.7. The standard InChI is InChI=1S/C13H21NO/c1-10(2)5-4-8-15-13-7-6-11(3)9-12(13)14/h6-7,9-10H,4-5,8,14H2,1-3H3. The second-order valence-corrected chi connectivity index (χ2v) is 4.43. The van der Waals surface area contributed by atoms with E-state index in [4.69, 9.17) is 10.5 Å². The zero-order valence-corrected chi connectivity index (χ0v) is 9.92. The fourth-order valence-corrected chi connectivity index (χ4v) is 1.47. The van der Waals surface area contributed by atoms with Gasteiger partial charge in [-0.25, -0.2) is 0 Å². The Hall–Kier alpha value is -1.18. The van der Waals surface area contributed by atoms with E-state index in [0.29, 0.717) is 0 Å². The molecule has 0 atom stereocenters. The van der Waals surface area contributed by atoms with E-state index in [-0.39, 0.29) is 0 Å². The molecule has 0 aromatic heterocycles. The van der Waals surface area contributed by atoms with Crippen molar-refractivity contribution >= 4 is 5.69 Å². The lowest BCUT2D eigenvalue weighted by Gasteiger charge is -2.10. The van der Waals surface area contributed by atoms with Crippen LogP contribution in [0.4, 0.5) is 5.69 Å². The average Bonchev–Trinajstić information content (AvgIpc) is 2.14. The molecule has 1 aromatic carbocycles. The topological polar surface area (TPSA) is 35.2 Å². The van der Waals surface area contributed by atoms with Gasteiger partial charge >= 0.3 is 0 Å². The van der Waals surface area contributed by atoms with Gasteiger partial charge in [-0.1, -0.05) is 19.9 Å². The predicted molar refractivity (Wildman–Crippen MR) is 65.2 cm³/mol. The lowest BCUT2D eigenvalue weighted by molar-refractivity contribution is 0.299. The molecule has 0 spiro atoms. The van der Waals surface area contributed by atoms with E-state index in [1.165, 1.54) is 12.0 Å². The maximum absolute atomic E-state index is 5.84. The SMILES string of the molecule is Cc1ccc(OCCCC(C)C)c(N)c1. The van der Waals surface area contributed by atoms with Gasteiger partial charge < -0.3 is 10.5 Å². The van der Waals surface area contributed by atoms with E-state index < -0.39 is 0 Å². The number of hydrogen-bond donors (Lipinski definition) is 1. The first-order valence-corrected chi connectivity index (χ1v) is 5.58. The minimum absolute atomic E-state index is 0.736. The van der Waals surface area contributed by atoms with Crippen LogP contribution in [0.3, 0.4) is 0 Å². The Kier molecular flexibility index (Phi) is 4.47. The molecule has 0 aliphatic heterocycles. The molecule has 0 aliphatic carbocycles. The molecule has 1 rings (SSSR count). The maximum Gasteiger partial charge on any atom is 0.142 e. The van der Waals surface area contributed by atoms with Crippen LogP contribution >= 0.6 is 0 Å². The fraction of sp³-hybridized carbons (Fsp3) is 0.538. The van der Waals surface area contributed by atoms with Crippen LogP contribution in [0, 0.1) is 12.8 Å². The summed E-state index contributed by atoms with van der Waals surface area (Å²) in [6.07, 6.45) is 2.29. The molecule has 15 heavy (non-hydrogen) atoms. The molecule has 1 aromatic rings. The van der Waals surface area contributed by atoms with E-state index in [9.17, 15) is 0 Å². The van der Waals surface area contributed by atoms with Crippen molar-refractivity contribution in [2.45, 2.75) is 33.6 Å². The summed E-state index contributed by atoms with van der Waals surface area (Å²) in [4.78, 5) is 0. The van der Waals surface area contributed by atoms with Crippen LogP contribution in [0.1, 0.15) is 32.3 Å². The van der Waals surface area contributed by atoms with Crippen LogP contribution in [-0.4, -0.2) is 6.61 Å². The Morgan fingerprint density at radius 2 is 2.07 bits per heavy atom. The number of nitrogen functional groups attached to an aromatic ring is 1. The van der Waals surface area contributed by atoms with Gasteiger partial charge in [0.1, 0.15) is 5.75 Å². The summed E-state index contributed by atoms with van der Waals surface area (Å²) < 4.78 is 5.62. The molecule has 0 saturated heterocycles. The molecule has 0 bridgehead atoms. The Morgan fingerprint density at radius 1 is 1.33 bits per heavy atom. The Balaban J connectivity index is 2.37. The van der Waals surface area contributed by atoms with E-state index in [1.54, 1.807) is 0 Å². The summed E-state index contributed by atoms with van der Waals surface area (Å²) in [5.41, 5.74) is 7.74. The molecule has 0 radical (unpaired) electrons. The number of ether oxygens (including phenoxy) is 1. The van der Waals surface area contributed by atoms with Crippen molar-refractivity contribution < 1.29 is 4.74 Å². The van der Waals surface area contributed by atoms with E-state index >= 15 is 0 Å². The summed E-state index contributed by atoms with van der Waals surface area (Å²) in [7, 11) is 0. The largest absolute Gasteiger partial charge is 0.491 e. The molecule has 2 nitrogen and oxygen atoms in total. The van der Waals surface area contributed by atoms with Crippen LogP contribution in [0.25, 0.3) is 0 Å². The van der Waals surface area contributed by atoms with Crippen LogP contribution < -0.4 is 10.5 Å². The molecule has 84 valence electrons. The lowest BCUT2D eigenvalue weighted by Crippen LogP contribution is -2.02. The number of hydrogen-bond acceptors (Lipinski definition) is 2. The Morgan fingerprint density at radius 3 is 2.67 bits per heavy atom. The van der Waals surface area contributed by atoms with Crippen LogP contribution in [-0.2, 0) is 0 Å². The van der Waals surface area contributed by atoms with Crippen molar-refractivity contribution in [3.05, 3.63) is 23.8 Å². The summed E-state index contributed by atoms with van der Waals surface area (Å²) in [6.45, 7) is 7.23. The zero-order valence-electron chi connectivity index (χ0n) is 9.92. The van der Waals surface area contributed by atoms with E-state index in [2.05, 4.69) is 13.8 Å². The minimum atomic E-state index is 0.736. The molecular formula is C13H21NO. The van der Waals surface area contributed by atoms with Gasteiger partial charge in [0.25, 0.3) is 0 Å². The van der Waals surface area contributed by atoms with Crippen LogP contribution in [0.15, 0.2) is 18.2 Å². The van der Waals surface area contributed by atoms with Crippen LogP contribution in [0.5, 0.6) is 5.75 Å². The van der Waals surface area contributed by atoms with E-state index in [1.807, 2.05) is 25.1 Å². The molecule has 0 unspecified atom stereocenters. The molecular weight excluding hydrogens is 186 g/mol. The first kappa shape index (κ1) is 11.9. The Bertz CT molecular complexity index is 307. The third-order valence-corrected chi connectivity index (χ3v) is 2.35. The van der Waals surface area contributed by atoms with Crippen molar-refractivity contribution in [1.82, 2.24) is 0 Å². The predicted octanol–water partition coefficient (Wildman–Crippen LogP) is 3.39. The van der Waals surface area contributed by atoms with Gasteiger partial charge in [-0.3, -0.25) is 0 Å². The number of aryl methyl sites for hydroxylation is 1. The highest BCUT2D eigenvalue weighted by Gasteiger charge is 2.00. The zero-order chi connectivity index (χ0) is 11.3. The van der Waals surface area contributed by atoms with Crippen LogP contribution in [0.2, 0.25) is 0 Å². The monoisotopic (exact) mass is 207 g/mol. The van der Waals surface area contributed by atoms with Gasteiger partial charge in [-0.2, -0.15) is 0 Å². The quantitative estimate of drug-likeness (QED) is 0.593. The smallest absolute Gasteiger partial charge is 0.142 e. The average molecular weight is 207 g/mol. The van der Waals surface area contributed by atoms with Crippen molar-refractivity contribution in [2.24, 2.45) is 5.92 Å². The van der Waals surface area contributed by atoms with E-state index in [0.717, 1.165) is 30.4 Å². The maximum atomic E-state index is 5.84. The van der Waals surface area contributed by atoms with Gasteiger partial charge in [0.15, 0.2) is 0 Å². The minimum Gasteiger partial charge on any atom is -0.491 e. The molecule has 2 heteroatoms. The van der Waals surface area contributed by atoms with Gasteiger partial charge in [-0.05, 0) is 43.4 Å². The molecule has 0 aliphatic rings. The number of anilines is 1. The van der Waals surface area contributed by atoms with Crippen molar-refractivity contribution in [3.8, 4) is 5.75 Å². The highest BCUT2D eigenvalue weighted by atomic mass is 16.5. The first-order chi connectivity index (χ1) is 7.09. The molecule has 0 fully saturated rings. The number of nitrogens with two attached hydrogens (primary N) is 1. The third kappa shape index (κ3) is 4.24. The first-order valence-electron chi connectivity index (χ1n) is 5.58. The second kappa shape index (κ2) is 5.64. The Labute approximate surface area is 92.4 Å². The third-order valence-electron chi connectivity index (χ3n) is 2.35. The summed E-state index contributed by atoms with van der Waals surface area (Å²) in [5.74, 6) is 1.55. The highest BCUT2D eigenvalue weighted by Crippen LogP contribution is 2.22. The van der Waals surface area contributed by atoms with Gasteiger partial charge in [0.2, 0.25) is 0 Å². The molecule has 0 saturated carbocycles. The van der Waals surface area contributed by atoms with Crippen molar-refractivity contribution in [2.75, 3.05) is 12.3 Å². The van der Waals surface area contributed by atoms with Gasteiger partial charge in [0, 0.05) is 0 Å². The lowest BCUT2D eigenvalue weighted by atomic mass is 10.1. The summed E-state index contributed by atoms with van der Waals surface area (Å²) >= 11 is 0.